The molecular weight excluding hydrogens is 307 g/mol. The van der Waals surface area contributed by atoms with E-state index in [0.29, 0.717) is 23.8 Å². The molecule has 0 radical (unpaired) electrons. The Hall–Kier alpha value is -3.02. The van der Waals surface area contributed by atoms with Gasteiger partial charge >= 0.3 is 0 Å². The number of fused-ring (bicyclic) bond motifs is 1. The van der Waals surface area contributed by atoms with E-state index in [-0.39, 0.29) is 11.7 Å². The standard InChI is InChI=1S/C18H15FN4O/c1-11-20-9-7-15(22-11)23-10-13-6-8-21-18(24)16(13)17(23)12-2-4-14(19)5-3-12/h2-5,7,9-10H,6,8H2,1H3,(H,21,24). The van der Waals surface area contributed by atoms with Crippen molar-refractivity contribution in [1.82, 2.24) is 19.9 Å². The zero-order valence-electron chi connectivity index (χ0n) is 13.1. The number of aromatic nitrogens is 3. The number of carbonyl (C=O) groups is 1. The SMILES string of the molecule is Cc1nccc(-n2cc3c(c2-c2ccc(F)cc2)C(=O)NCC3)n1. The smallest absolute Gasteiger partial charge is 0.253 e. The Kier molecular flexibility index (Phi) is 3.37. The van der Waals surface area contributed by atoms with E-state index in [1.807, 2.05) is 17.7 Å². The van der Waals surface area contributed by atoms with E-state index in [9.17, 15) is 9.18 Å². The number of carbonyl (C=O) groups excluding carboxylic acids is 1. The highest BCUT2D eigenvalue weighted by Crippen LogP contribution is 2.32. The van der Waals surface area contributed by atoms with E-state index in [1.165, 1.54) is 12.1 Å². The maximum Gasteiger partial charge on any atom is 0.253 e. The van der Waals surface area contributed by atoms with Gasteiger partial charge in [-0.25, -0.2) is 14.4 Å². The third-order valence-electron chi connectivity index (χ3n) is 4.12. The molecule has 0 atom stereocenters. The minimum Gasteiger partial charge on any atom is -0.352 e. The fraction of sp³-hybridized carbons (Fsp3) is 0.167. The lowest BCUT2D eigenvalue weighted by Crippen LogP contribution is -2.31. The summed E-state index contributed by atoms with van der Waals surface area (Å²) in [6, 6.07) is 7.94. The first kappa shape index (κ1) is 14.6. The van der Waals surface area contributed by atoms with Gasteiger partial charge in [0.15, 0.2) is 0 Å². The highest BCUT2D eigenvalue weighted by Gasteiger charge is 2.26. The molecule has 5 nitrogen and oxygen atoms in total. The summed E-state index contributed by atoms with van der Waals surface area (Å²) < 4.78 is 15.2. The highest BCUT2D eigenvalue weighted by atomic mass is 19.1. The molecule has 0 spiro atoms. The summed E-state index contributed by atoms with van der Waals surface area (Å²) in [4.78, 5) is 21.0. The van der Waals surface area contributed by atoms with Crippen molar-refractivity contribution in [3.05, 3.63) is 65.5 Å². The Morgan fingerprint density at radius 1 is 1.21 bits per heavy atom. The Bertz CT molecular complexity index is 931. The maximum absolute atomic E-state index is 13.3. The molecule has 24 heavy (non-hydrogen) atoms. The van der Waals surface area contributed by atoms with Gasteiger partial charge in [0.1, 0.15) is 17.5 Å². The van der Waals surface area contributed by atoms with Crippen molar-refractivity contribution in [1.29, 1.82) is 0 Å². The Labute approximate surface area is 138 Å². The molecular formula is C18H15FN4O. The largest absolute Gasteiger partial charge is 0.352 e. The predicted molar refractivity (Wildman–Crippen MR) is 87.5 cm³/mol. The first-order valence-electron chi connectivity index (χ1n) is 7.72. The van der Waals surface area contributed by atoms with Crippen LogP contribution in [0.15, 0.2) is 42.7 Å². The molecule has 3 aromatic rings. The molecule has 0 saturated carbocycles. The van der Waals surface area contributed by atoms with Gasteiger partial charge in [-0.2, -0.15) is 0 Å². The van der Waals surface area contributed by atoms with Crippen molar-refractivity contribution < 1.29 is 9.18 Å². The maximum atomic E-state index is 13.3. The van der Waals surface area contributed by atoms with Crippen LogP contribution in [0.4, 0.5) is 4.39 Å². The number of nitrogens with one attached hydrogen (secondary N) is 1. The van der Waals surface area contributed by atoms with Gasteiger partial charge in [0, 0.05) is 18.9 Å². The van der Waals surface area contributed by atoms with Gasteiger partial charge in [0.25, 0.3) is 5.91 Å². The average molecular weight is 322 g/mol. The lowest BCUT2D eigenvalue weighted by molar-refractivity contribution is 0.0947. The fourth-order valence-corrected chi connectivity index (χ4v) is 3.05. The monoisotopic (exact) mass is 322 g/mol. The molecule has 4 rings (SSSR count). The molecule has 6 heteroatoms. The zero-order chi connectivity index (χ0) is 16.7. The number of amides is 1. The molecule has 0 fully saturated rings. The normalized spacial score (nSPS) is 13.5. The van der Waals surface area contributed by atoms with Gasteiger partial charge in [0.05, 0.1) is 11.3 Å². The van der Waals surface area contributed by atoms with E-state index in [2.05, 4.69) is 15.3 Å². The Morgan fingerprint density at radius 2 is 2.00 bits per heavy atom. The van der Waals surface area contributed by atoms with Crippen molar-refractivity contribution in [2.24, 2.45) is 0 Å². The van der Waals surface area contributed by atoms with Crippen molar-refractivity contribution in [2.45, 2.75) is 13.3 Å². The summed E-state index contributed by atoms with van der Waals surface area (Å²) in [6.07, 6.45) is 4.38. The first-order valence-corrected chi connectivity index (χ1v) is 7.72. The summed E-state index contributed by atoms with van der Waals surface area (Å²) in [5.41, 5.74) is 3.09. The lowest BCUT2D eigenvalue weighted by atomic mass is 10.00. The van der Waals surface area contributed by atoms with Crippen LogP contribution in [0.25, 0.3) is 17.1 Å². The van der Waals surface area contributed by atoms with Crippen molar-refractivity contribution in [3.8, 4) is 17.1 Å². The molecule has 1 N–H and O–H groups in total. The van der Waals surface area contributed by atoms with Gasteiger partial charge in [-0.1, -0.05) is 0 Å². The number of hydrogen-bond donors (Lipinski definition) is 1. The molecule has 0 bridgehead atoms. The number of hydrogen-bond acceptors (Lipinski definition) is 3. The third kappa shape index (κ3) is 2.36. The number of rotatable bonds is 2. The van der Waals surface area contributed by atoms with Crippen LogP contribution in [0.3, 0.4) is 0 Å². The summed E-state index contributed by atoms with van der Waals surface area (Å²) in [5, 5.41) is 2.88. The van der Waals surface area contributed by atoms with Crippen molar-refractivity contribution >= 4 is 5.91 Å². The molecule has 120 valence electrons. The second-order valence-electron chi connectivity index (χ2n) is 5.72. The lowest BCUT2D eigenvalue weighted by Gasteiger charge is -2.15. The van der Waals surface area contributed by atoms with Gasteiger partial charge in [0.2, 0.25) is 0 Å². The van der Waals surface area contributed by atoms with E-state index in [1.54, 1.807) is 24.4 Å². The predicted octanol–water partition coefficient (Wildman–Crippen LogP) is 2.67. The molecule has 1 aliphatic heterocycles. The number of aryl methyl sites for hydroxylation is 1. The molecule has 1 aromatic carbocycles. The third-order valence-corrected chi connectivity index (χ3v) is 4.12. The van der Waals surface area contributed by atoms with Crippen molar-refractivity contribution in [2.75, 3.05) is 6.54 Å². The van der Waals surface area contributed by atoms with E-state index >= 15 is 0 Å². The van der Waals surface area contributed by atoms with Crippen LogP contribution in [0.5, 0.6) is 0 Å². The van der Waals surface area contributed by atoms with Crippen LogP contribution in [0.1, 0.15) is 21.7 Å². The topological polar surface area (TPSA) is 59.8 Å². The quantitative estimate of drug-likeness (QED) is 0.789. The molecule has 1 amide bonds. The van der Waals surface area contributed by atoms with Crippen LogP contribution in [0, 0.1) is 12.7 Å². The molecule has 2 aromatic heterocycles. The molecule has 0 aliphatic carbocycles. The van der Waals surface area contributed by atoms with E-state index in [4.69, 9.17) is 0 Å². The first-order chi connectivity index (χ1) is 11.6. The van der Waals surface area contributed by atoms with E-state index in [0.717, 1.165) is 23.2 Å². The van der Waals surface area contributed by atoms with Gasteiger partial charge in [-0.05, 0) is 54.8 Å². The van der Waals surface area contributed by atoms with Crippen LogP contribution in [-0.4, -0.2) is 27.0 Å². The van der Waals surface area contributed by atoms with Crippen LogP contribution in [0.2, 0.25) is 0 Å². The minimum atomic E-state index is -0.312. The fourth-order valence-electron chi connectivity index (χ4n) is 3.05. The van der Waals surface area contributed by atoms with Crippen molar-refractivity contribution in [3.63, 3.8) is 0 Å². The second kappa shape index (κ2) is 5.56. The van der Waals surface area contributed by atoms with Crippen LogP contribution < -0.4 is 5.32 Å². The number of benzene rings is 1. The summed E-state index contributed by atoms with van der Waals surface area (Å²) in [7, 11) is 0. The Morgan fingerprint density at radius 3 is 2.75 bits per heavy atom. The van der Waals surface area contributed by atoms with Gasteiger partial charge in [-0.3, -0.25) is 4.79 Å². The zero-order valence-corrected chi connectivity index (χ0v) is 13.1. The highest BCUT2D eigenvalue weighted by molar-refractivity contribution is 6.03. The molecule has 0 saturated heterocycles. The Balaban J connectivity index is 2.00. The average Bonchev–Trinajstić information content (AvgIpc) is 2.96. The van der Waals surface area contributed by atoms with Gasteiger partial charge < -0.3 is 9.88 Å². The summed E-state index contributed by atoms with van der Waals surface area (Å²) >= 11 is 0. The summed E-state index contributed by atoms with van der Waals surface area (Å²) in [5.74, 6) is 0.908. The molecule has 3 heterocycles. The number of halogens is 1. The summed E-state index contributed by atoms with van der Waals surface area (Å²) in [6.45, 7) is 2.43. The molecule has 1 aliphatic rings. The molecule has 0 unspecified atom stereocenters. The van der Waals surface area contributed by atoms with Crippen LogP contribution >= 0.6 is 0 Å². The van der Waals surface area contributed by atoms with Gasteiger partial charge in [-0.15, -0.1) is 0 Å². The van der Waals surface area contributed by atoms with E-state index < -0.39 is 0 Å². The minimum absolute atomic E-state index is 0.111. The second-order valence-corrected chi connectivity index (χ2v) is 5.72. The van der Waals surface area contributed by atoms with Crippen LogP contribution in [-0.2, 0) is 6.42 Å². The number of nitrogens with zero attached hydrogens (tertiary/aromatic N) is 3.